The second-order valence-electron chi connectivity index (χ2n) is 10.1. The Hall–Kier alpha value is -4.24. The van der Waals surface area contributed by atoms with Crippen molar-refractivity contribution in [2.24, 2.45) is 12.0 Å². The number of amides is 2. The molecule has 0 atom stereocenters. The van der Waals surface area contributed by atoms with Crippen molar-refractivity contribution in [2.45, 2.75) is 19.0 Å². The van der Waals surface area contributed by atoms with Crippen LogP contribution in [0.1, 0.15) is 33.6 Å². The number of alkyl halides is 1. The number of aryl methyl sites for hydroxylation is 1. The average molecular weight is 544 g/mol. The number of rotatable bonds is 6. The molecule has 0 bridgehead atoms. The molecule has 9 heteroatoms. The largest absolute Gasteiger partial charge is 0.378 e. The van der Waals surface area contributed by atoms with E-state index < -0.39 is 6.17 Å². The number of nitrogens with zero attached hydrogens (tertiary/aromatic N) is 4. The number of morpholine rings is 1. The molecule has 208 valence electrons. The molecule has 0 radical (unpaired) electrons. The van der Waals surface area contributed by atoms with Gasteiger partial charge in [0.2, 0.25) is 0 Å². The first-order valence-electron chi connectivity index (χ1n) is 13.6. The monoisotopic (exact) mass is 543 g/mol. The lowest BCUT2D eigenvalue weighted by molar-refractivity contribution is 0.0303. The Bertz CT molecular complexity index is 1440. The van der Waals surface area contributed by atoms with E-state index in [2.05, 4.69) is 11.9 Å². The fourth-order valence-corrected chi connectivity index (χ4v) is 4.96. The summed E-state index contributed by atoms with van der Waals surface area (Å²) in [4.78, 5) is 33.9. The van der Waals surface area contributed by atoms with Crippen molar-refractivity contribution in [2.75, 3.05) is 44.7 Å². The summed E-state index contributed by atoms with van der Waals surface area (Å²) in [7, 11) is 1.91. The molecular formula is C31H34FN5O3. The van der Waals surface area contributed by atoms with Gasteiger partial charge in [-0.2, -0.15) is 0 Å². The Labute approximate surface area is 233 Å². The molecule has 2 fully saturated rings. The minimum Gasteiger partial charge on any atom is -0.378 e. The summed E-state index contributed by atoms with van der Waals surface area (Å²) in [5, 5.41) is 3.21. The molecule has 0 aliphatic carbocycles. The maximum atomic E-state index is 13.5. The Balaban J connectivity index is 1.30. The number of piperidine rings is 1. The topological polar surface area (TPSA) is 79.2 Å². The van der Waals surface area contributed by atoms with Crippen LogP contribution >= 0.6 is 0 Å². The molecular weight excluding hydrogens is 509 g/mol. The van der Waals surface area contributed by atoms with Gasteiger partial charge in [-0.3, -0.25) is 9.59 Å². The second-order valence-corrected chi connectivity index (χ2v) is 10.1. The predicted molar refractivity (Wildman–Crippen MR) is 152 cm³/mol. The van der Waals surface area contributed by atoms with Crippen LogP contribution in [0.15, 0.2) is 84.3 Å². The van der Waals surface area contributed by atoms with Crippen LogP contribution in [0, 0.1) is 0 Å². The molecule has 5 rings (SSSR count). The summed E-state index contributed by atoms with van der Waals surface area (Å²) in [6, 6.07) is 18.6. The van der Waals surface area contributed by atoms with Gasteiger partial charge in [0, 0.05) is 61.8 Å². The molecule has 1 N–H and O–H groups in total. The van der Waals surface area contributed by atoms with Crippen molar-refractivity contribution in [1.82, 2.24) is 14.4 Å². The number of benzene rings is 2. The highest BCUT2D eigenvalue weighted by Crippen LogP contribution is 2.20. The Kier molecular flexibility index (Phi) is 8.40. The van der Waals surface area contributed by atoms with Crippen molar-refractivity contribution in [3.05, 3.63) is 95.9 Å². The van der Waals surface area contributed by atoms with Crippen LogP contribution < -0.4 is 10.8 Å². The SMILES string of the molecule is C=C(/N=c1/c(-c2ccc(C(=O)N3CCC(F)CC3)cc2)cccn1C)Nc1ccc(C(=O)N2CCOCC2)cc1. The van der Waals surface area contributed by atoms with Gasteiger partial charge < -0.3 is 24.4 Å². The van der Waals surface area contributed by atoms with Crippen molar-refractivity contribution >= 4 is 17.5 Å². The summed E-state index contributed by atoms with van der Waals surface area (Å²) in [6.07, 6.45) is 1.88. The lowest BCUT2D eigenvalue weighted by Gasteiger charge is -2.28. The first-order valence-corrected chi connectivity index (χ1v) is 13.6. The minimum atomic E-state index is -0.819. The highest BCUT2D eigenvalue weighted by atomic mass is 19.1. The molecule has 0 spiro atoms. The molecule has 2 saturated heterocycles. The van der Waals surface area contributed by atoms with Gasteiger partial charge in [0.05, 0.1) is 13.2 Å². The second kappa shape index (κ2) is 12.3. The molecule has 8 nitrogen and oxygen atoms in total. The van der Waals surface area contributed by atoms with Crippen LogP contribution in [0.3, 0.4) is 0 Å². The molecule has 2 aromatic carbocycles. The maximum Gasteiger partial charge on any atom is 0.254 e. The molecule has 2 aliphatic rings. The molecule has 2 aliphatic heterocycles. The van der Waals surface area contributed by atoms with E-state index >= 15 is 0 Å². The fraction of sp³-hybridized carbons (Fsp3) is 0.323. The first-order chi connectivity index (χ1) is 19.4. The molecule has 3 heterocycles. The number of ether oxygens (including phenoxy) is 1. The van der Waals surface area contributed by atoms with Crippen molar-refractivity contribution in [3.8, 4) is 11.1 Å². The van der Waals surface area contributed by atoms with E-state index in [9.17, 15) is 14.0 Å². The third-order valence-corrected chi connectivity index (χ3v) is 7.26. The van der Waals surface area contributed by atoms with Gasteiger partial charge in [0.15, 0.2) is 0 Å². The number of nitrogens with one attached hydrogen (secondary N) is 1. The molecule has 3 aromatic rings. The predicted octanol–water partition coefficient (Wildman–Crippen LogP) is 4.22. The lowest BCUT2D eigenvalue weighted by atomic mass is 10.0. The molecule has 0 unspecified atom stereocenters. The molecule has 2 amide bonds. The van der Waals surface area contributed by atoms with Crippen LogP contribution in [-0.2, 0) is 11.8 Å². The van der Waals surface area contributed by atoms with E-state index in [1.165, 1.54) is 0 Å². The third-order valence-electron chi connectivity index (χ3n) is 7.26. The molecule has 1 aromatic heterocycles. The van der Waals surface area contributed by atoms with Crippen molar-refractivity contribution in [1.29, 1.82) is 0 Å². The van der Waals surface area contributed by atoms with Gasteiger partial charge in [-0.05, 0) is 66.9 Å². The van der Waals surface area contributed by atoms with Crippen LogP contribution in [0.2, 0.25) is 0 Å². The Morgan fingerprint density at radius 1 is 0.900 bits per heavy atom. The standard InChI is InChI=1S/C31H34FN5O3/c1-22(33-27-11-9-25(10-12-27)31(39)37-18-20-40-21-19-37)34-29-28(4-3-15-35(29)2)23-5-7-24(8-6-23)30(38)36-16-13-26(32)14-17-36/h3-12,15,26,33H,1,13-14,16-21H2,2H3/b34-29-. The van der Waals surface area contributed by atoms with Crippen molar-refractivity contribution in [3.63, 3.8) is 0 Å². The van der Waals surface area contributed by atoms with Crippen LogP contribution in [0.25, 0.3) is 11.1 Å². The summed E-state index contributed by atoms with van der Waals surface area (Å²) in [5.74, 6) is 0.368. The summed E-state index contributed by atoms with van der Waals surface area (Å²) < 4.78 is 20.7. The minimum absolute atomic E-state index is 0.00337. The smallest absolute Gasteiger partial charge is 0.254 e. The molecule has 0 saturated carbocycles. The number of halogens is 1. The van der Waals surface area contributed by atoms with Gasteiger partial charge in [-0.1, -0.05) is 18.7 Å². The van der Waals surface area contributed by atoms with Crippen molar-refractivity contribution < 1.29 is 18.7 Å². The summed E-state index contributed by atoms with van der Waals surface area (Å²) in [6.45, 7) is 7.31. The number of carbonyl (C=O) groups excluding carboxylic acids is 2. The normalized spacial score (nSPS) is 16.6. The van der Waals surface area contributed by atoms with Gasteiger partial charge >= 0.3 is 0 Å². The van der Waals surface area contributed by atoms with Crippen LogP contribution in [-0.4, -0.2) is 71.7 Å². The summed E-state index contributed by atoms with van der Waals surface area (Å²) >= 11 is 0. The number of hydrogen-bond acceptors (Lipinski definition) is 5. The fourth-order valence-electron chi connectivity index (χ4n) is 4.96. The number of pyridine rings is 1. The number of aromatic nitrogens is 1. The Morgan fingerprint density at radius 3 is 2.10 bits per heavy atom. The highest BCUT2D eigenvalue weighted by Gasteiger charge is 2.23. The third kappa shape index (κ3) is 6.31. The lowest BCUT2D eigenvalue weighted by Crippen LogP contribution is -2.40. The number of anilines is 1. The van der Waals surface area contributed by atoms with E-state index in [1.807, 2.05) is 66.3 Å². The van der Waals surface area contributed by atoms with E-state index in [0.29, 0.717) is 74.7 Å². The maximum absolute atomic E-state index is 13.5. The van der Waals surface area contributed by atoms with E-state index in [0.717, 1.165) is 16.8 Å². The average Bonchev–Trinajstić information content (AvgIpc) is 2.99. The molecule has 40 heavy (non-hydrogen) atoms. The van der Waals surface area contributed by atoms with Crippen LogP contribution in [0.4, 0.5) is 10.1 Å². The van der Waals surface area contributed by atoms with Gasteiger partial charge in [0.25, 0.3) is 11.8 Å². The number of carbonyl (C=O) groups is 2. The van der Waals surface area contributed by atoms with Crippen LogP contribution in [0.5, 0.6) is 0 Å². The summed E-state index contributed by atoms with van der Waals surface area (Å²) in [5.41, 5.74) is 4.47. The van der Waals surface area contributed by atoms with E-state index in [-0.39, 0.29) is 11.8 Å². The van der Waals surface area contributed by atoms with E-state index in [4.69, 9.17) is 9.73 Å². The van der Waals surface area contributed by atoms with Gasteiger partial charge in [0.1, 0.15) is 17.5 Å². The Morgan fingerprint density at radius 2 is 1.48 bits per heavy atom. The first kappa shape index (κ1) is 27.3. The zero-order valence-corrected chi connectivity index (χ0v) is 22.7. The van der Waals surface area contributed by atoms with Gasteiger partial charge in [-0.25, -0.2) is 9.38 Å². The quantitative estimate of drug-likeness (QED) is 0.505. The van der Waals surface area contributed by atoms with Gasteiger partial charge in [-0.15, -0.1) is 0 Å². The zero-order valence-electron chi connectivity index (χ0n) is 22.7. The highest BCUT2D eigenvalue weighted by molar-refractivity contribution is 5.95. The van der Waals surface area contributed by atoms with E-state index in [1.54, 1.807) is 21.9 Å². The zero-order chi connectivity index (χ0) is 28.1. The number of hydrogen-bond donors (Lipinski definition) is 1. The number of likely N-dealkylation sites (tertiary alicyclic amines) is 1.